The van der Waals surface area contributed by atoms with Crippen molar-refractivity contribution in [1.82, 2.24) is 30.4 Å². The molecule has 4 rings (SSSR count). The lowest BCUT2D eigenvalue weighted by Gasteiger charge is -2.44. The predicted octanol–water partition coefficient (Wildman–Crippen LogP) is 2.37. The Bertz CT molecular complexity index is 782. The molecule has 1 aromatic heterocycles. The Hall–Kier alpha value is -2.48. The SMILES string of the molecule is CC(C)(C)OC(=O)N1CCN(C(c2ccccc2)c2nn[nH]n2)CC12CC2. The summed E-state index contributed by atoms with van der Waals surface area (Å²) in [7, 11) is 0. The van der Waals surface area contributed by atoms with Crippen molar-refractivity contribution in [1.29, 1.82) is 0 Å². The fraction of sp³-hybridized carbons (Fsp3) is 0.579. The molecule has 1 unspecified atom stereocenters. The molecule has 2 aromatic rings. The molecule has 0 radical (unpaired) electrons. The summed E-state index contributed by atoms with van der Waals surface area (Å²) in [5.74, 6) is 0.655. The van der Waals surface area contributed by atoms with Crippen LogP contribution in [0.3, 0.4) is 0 Å². The first kappa shape index (κ1) is 17.9. The zero-order valence-electron chi connectivity index (χ0n) is 16.1. The lowest BCUT2D eigenvalue weighted by atomic mass is 10.0. The van der Waals surface area contributed by atoms with E-state index in [1.807, 2.05) is 43.9 Å². The molecule has 8 nitrogen and oxygen atoms in total. The van der Waals surface area contributed by atoms with Crippen molar-refractivity contribution in [3.63, 3.8) is 0 Å². The second-order valence-electron chi connectivity index (χ2n) is 8.41. The summed E-state index contributed by atoms with van der Waals surface area (Å²) in [5, 5.41) is 14.8. The van der Waals surface area contributed by atoms with Crippen LogP contribution in [0.4, 0.5) is 4.79 Å². The van der Waals surface area contributed by atoms with Gasteiger partial charge in [-0.25, -0.2) is 4.79 Å². The lowest BCUT2D eigenvalue weighted by molar-refractivity contribution is -0.0118. The molecule has 1 amide bonds. The highest BCUT2D eigenvalue weighted by atomic mass is 16.6. The van der Waals surface area contributed by atoms with E-state index in [2.05, 4.69) is 37.7 Å². The van der Waals surface area contributed by atoms with Gasteiger partial charge >= 0.3 is 6.09 Å². The van der Waals surface area contributed by atoms with Gasteiger partial charge in [0.05, 0.1) is 11.6 Å². The Morgan fingerprint density at radius 3 is 2.56 bits per heavy atom. The van der Waals surface area contributed by atoms with Gasteiger partial charge < -0.3 is 4.74 Å². The van der Waals surface area contributed by atoms with Crippen LogP contribution in [-0.4, -0.2) is 67.3 Å². The molecule has 2 aliphatic rings. The van der Waals surface area contributed by atoms with Gasteiger partial charge in [0, 0.05) is 19.6 Å². The zero-order chi connectivity index (χ0) is 19.1. The normalized spacial score (nSPS) is 20.5. The number of hydrogen-bond donors (Lipinski definition) is 1. The smallest absolute Gasteiger partial charge is 0.410 e. The maximum Gasteiger partial charge on any atom is 0.410 e. The van der Waals surface area contributed by atoms with E-state index in [1.54, 1.807) is 0 Å². The third-order valence-corrected chi connectivity index (χ3v) is 5.21. The van der Waals surface area contributed by atoms with Crippen LogP contribution in [0.2, 0.25) is 0 Å². The Morgan fingerprint density at radius 1 is 1.22 bits per heavy atom. The van der Waals surface area contributed by atoms with Gasteiger partial charge in [0.2, 0.25) is 0 Å². The highest BCUT2D eigenvalue weighted by molar-refractivity contribution is 5.70. The summed E-state index contributed by atoms with van der Waals surface area (Å²) < 4.78 is 5.63. The molecule has 1 N–H and O–H groups in total. The van der Waals surface area contributed by atoms with Crippen molar-refractivity contribution in [2.75, 3.05) is 19.6 Å². The molecule has 1 aliphatic carbocycles. The van der Waals surface area contributed by atoms with E-state index in [-0.39, 0.29) is 17.7 Å². The maximum absolute atomic E-state index is 12.7. The highest BCUT2D eigenvalue weighted by Gasteiger charge is 2.55. The first-order valence-corrected chi connectivity index (χ1v) is 9.41. The van der Waals surface area contributed by atoms with Crippen molar-refractivity contribution in [3.05, 3.63) is 41.7 Å². The molecular formula is C19H26N6O2. The van der Waals surface area contributed by atoms with Crippen molar-refractivity contribution < 1.29 is 9.53 Å². The zero-order valence-corrected chi connectivity index (χ0v) is 16.1. The van der Waals surface area contributed by atoms with Gasteiger partial charge in [0.25, 0.3) is 0 Å². The van der Waals surface area contributed by atoms with Crippen LogP contribution in [0.25, 0.3) is 0 Å². The molecule has 144 valence electrons. The lowest BCUT2D eigenvalue weighted by Crippen LogP contribution is -2.58. The van der Waals surface area contributed by atoms with E-state index in [4.69, 9.17) is 4.74 Å². The first-order valence-electron chi connectivity index (χ1n) is 9.41. The van der Waals surface area contributed by atoms with Crippen LogP contribution < -0.4 is 0 Å². The number of rotatable bonds is 3. The molecule has 1 aromatic carbocycles. The van der Waals surface area contributed by atoms with Crippen LogP contribution in [0, 0.1) is 0 Å². The minimum absolute atomic E-state index is 0.0804. The standard InChI is InChI=1S/C19H26N6O2/c1-18(2,3)27-17(26)25-12-11-24(13-19(25)9-10-19)15(16-20-22-23-21-16)14-7-5-4-6-8-14/h4-8,15H,9-13H2,1-3H3,(H,20,21,22,23). The quantitative estimate of drug-likeness (QED) is 0.893. The number of H-pyrrole nitrogens is 1. The van der Waals surface area contributed by atoms with Crippen LogP contribution in [-0.2, 0) is 4.74 Å². The van der Waals surface area contributed by atoms with Crippen LogP contribution >= 0.6 is 0 Å². The van der Waals surface area contributed by atoms with Crippen molar-refractivity contribution in [2.24, 2.45) is 0 Å². The summed E-state index contributed by atoms with van der Waals surface area (Å²) in [6, 6.07) is 10.1. The first-order chi connectivity index (χ1) is 12.9. The number of ether oxygens (including phenoxy) is 1. The summed E-state index contributed by atoms with van der Waals surface area (Å²) in [5.41, 5.74) is 0.499. The minimum atomic E-state index is -0.485. The number of amides is 1. The summed E-state index contributed by atoms with van der Waals surface area (Å²) in [6.45, 7) is 7.86. The minimum Gasteiger partial charge on any atom is -0.444 e. The van der Waals surface area contributed by atoms with Crippen molar-refractivity contribution in [2.45, 2.75) is 50.8 Å². The average Bonchev–Trinajstić information content (AvgIpc) is 3.16. The Kier molecular flexibility index (Phi) is 4.38. The molecule has 1 atom stereocenters. The van der Waals surface area contributed by atoms with E-state index in [1.165, 1.54) is 0 Å². The number of hydrogen-bond acceptors (Lipinski definition) is 6. The predicted molar refractivity (Wildman–Crippen MR) is 98.9 cm³/mol. The van der Waals surface area contributed by atoms with Gasteiger partial charge in [0.1, 0.15) is 5.60 Å². The number of carbonyl (C=O) groups excluding carboxylic acids is 1. The Balaban J connectivity index is 1.56. The number of nitrogens with one attached hydrogen (secondary N) is 1. The average molecular weight is 370 g/mol. The van der Waals surface area contributed by atoms with Crippen LogP contribution in [0.15, 0.2) is 30.3 Å². The molecule has 27 heavy (non-hydrogen) atoms. The van der Waals surface area contributed by atoms with Gasteiger partial charge in [-0.05, 0) is 39.2 Å². The number of carbonyl (C=O) groups is 1. The van der Waals surface area contributed by atoms with E-state index in [0.717, 1.165) is 31.5 Å². The van der Waals surface area contributed by atoms with Gasteiger partial charge in [0.15, 0.2) is 5.82 Å². The van der Waals surface area contributed by atoms with Crippen LogP contribution in [0.5, 0.6) is 0 Å². The molecule has 1 aliphatic heterocycles. The Labute approximate surface area is 158 Å². The number of piperazine rings is 1. The maximum atomic E-state index is 12.7. The van der Waals surface area contributed by atoms with Gasteiger partial charge in [-0.2, -0.15) is 5.21 Å². The van der Waals surface area contributed by atoms with Crippen molar-refractivity contribution >= 4 is 6.09 Å². The van der Waals surface area contributed by atoms with E-state index < -0.39 is 5.60 Å². The van der Waals surface area contributed by atoms with Gasteiger partial charge in [-0.15, -0.1) is 10.2 Å². The molecule has 1 saturated heterocycles. The largest absolute Gasteiger partial charge is 0.444 e. The van der Waals surface area contributed by atoms with Gasteiger partial charge in [-0.1, -0.05) is 35.5 Å². The molecule has 1 spiro atoms. The Morgan fingerprint density at radius 2 is 1.96 bits per heavy atom. The molecule has 0 bridgehead atoms. The number of aromatic amines is 1. The number of tetrazole rings is 1. The second kappa shape index (κ2) is 6.60. The molecule has 1 saturated carbocycles. The highest BCUT2D eigenvalue weighted by Crippen LogP contribution is 2.46. The second-order valence-corrected chi connectivity index (χ2v) is 8.41. The fourth-order valence-corrected chi connectivity index (χ4v) is 3.85. The van der Waals surface area contributed by atoms with E-state index >= 15 is 0 Å². The number of nitrogens with zero attached hydrogens (tertiary/aromatic N) is 5. The van der Waals surface area contributed by atoms with Gasteiger partial charge in [-0.3, -0.25) is 9.80 Å². The molecule has 2 fully saturated rings. The topological polar surface area (TPSA) is 87.2 Å². The summed E-state index contributed by atoms with van der Waals surface area (Å²) in [4.78, 5) is 17.0. The van der Waals surface area contributed by atoms with Crippen LogP contribution in [0.1, 0.15) is 51.0 Å². The number of aromatic nitrogens is 4. The fourth-order valence-electron chi connectivity index (χ4n) is 3.85. The monoisotopic (exact) mass is 370 g/mol. The third-order valence-electron chi connectivity index (χ3n) is 5.21. The molecular weight excluding hydrogens is 344 g/mol. The molecule has 8 heteroatoms. The molecule has 2 heterocycles. The van der Waals surface area contributed by atoms with Crippen molar-refractivity contribution in [3.8, 4) is 0 Å². The summed E-state index contributed by atoms with van der Waals surface area (Å²) >= 11 is 0. The van der Waals surface area contributed by atoms with E-state index in [9.17, 15) is 4.79 Å². The van der Waals surface area contributed by atoms with E-state index in [0.29, 0.717) is 12.4 Å². The number of benzene rings is 1. The third kappa shape index (κ3) is 3.66. The summed E-state index contributed by atoms with van der Waals surface area (Å²) in [6.07, 6.45) is 1.78.